The maximum absolute atomic E-state index is 14.1. The van der Waals surface area contributed by atoms with Crippen molar-refractivity contribution >= 4 is 5.78 Å². The molecule has 26 heavy (non-hydrogen) atoms. The van der Waals surface area contributed by atoms with E-state index in [0.717, 1.165) is 12.1 Å². The maximum atomic E-state index is 14.1. The van der Waals surface area contributed by atoms with Gasteiger partial charge in [0.15, 0.2) is 5.78 Å². The van der Waals surface area contributed by atoms with Crippen LogP contribution in [0, 0.1) is 5.82 Å². The van der Waals surface area contributed by atoms with Crippen molar-refractivity contribution in [3.63, 3.8) is 0 Å². The molecule has 0 saturated heterocycles. The summed E-state index contributed by atoms with van der Waals surface area (Å²) in [5.74, 6) is -3.58. The van der Waals surface area contributed by atoms with Gasteiger partial charge in [-0.1, -0.05) is 16.4 Å². The van der Waals surface area contributed by atoms with Crippen molar-refractivity contribution in [3.05, 3.63) is 53.5 Å². The first-order chi connectivity index (χ1) is 12.3. The van der Waals surface area contributed by atoms with Gasteiger partial charge >= 0.3 is 12.1 Å². The van der Waals surface area contributed by atoms with Crippen LogP contribution in [0.5, 0.6) is 0 Å². The van der Waals surface area contributed by atoms with Gasteiger partial charge in [0.2, 0.25) is 5.82 Å². The average molecular weight is 371 g/mol. The molecule has 2 aromatic heterocycles. The van der Waals surface area contributed by atoms with E-state index in [0.29, 0.717) is 5.56 Å². The predicted molar refractivity (Wildman–Crippen MR) is 75.2 cm³/mol. The second-order valence-electron chi connectivity index (χ2n) is 5.06. The predicted octanol–water partition coefficient (Wildman–Crippen LogP) is 3.28. The molecule has 0 aliphatic rings. The third-order valence-electron chi connectivity index (χ3n) is 3.18. The number of hydrogen-bond acceptors (Lipinski definition) is 7. The van der Waals surface area contributed by atoms with E-state index in [-0.39, 0.29) is 17.7 Å². The van der Waals surface area contributed by atoms with Crippen LogP contribution in [0.25, 0.3) is 11.4 Å². The Hall–Kier alpha value is -3.08. The SMILES string of the molecule is O=C(COCc1cnoc1)c1ccc(-c2noc(C(F)(F)F)n2)cc1F. The number of ether oxygens (including phenoxy) is 1. The molecule has 0 spiro atoms. The Labute approximate surface area is 142 Å². The number of aromatic nitrogens is 3. The molecule has 0 unspecified atom stereocenters. The van der Waals surface area contributed by atoms with Crippen LogP contribution in [-0.2, 0) is 17.5 Å². The molecule has 0 aliphatic carbocycles. The molecule has 0 aliphatic heterocycles. The molecule has 0 saturated carbocycles. The van der Waals surface area contributed by atoms with E-state index < -0.39 is 36.1 Å². The van der Waals surface area contributed by atoms with Crippen LogP contribution in [0.2, 0.25) is 0 Å². The van der Waals surface area contributed by atoms with Crippen LogP contribution in [0.15, 0.2) is 39.7 Å². The van der Waals surface area contributed by atoms with Crippen LogP contribution >= 0.6 is 0 Å². The lowest BCUT2D eigenvalue weighted by Crippen LogP contribution is -2.11. The van der Waals surface area contributed by atoms with Gasteiger partial charge in [0.05, 0.1) is 18.4 Å². The van der Waals surface area contributed by atoms with E-state index in [9.17, 15) is 22.4 Å². The van der Waals surface area contributed by atoms with E-state index in [2.05, 4.69) is 24.3 Å². The molecule has 0 atom stereocenters. The van der Waals surface area contributed by atoms with E-state index in [1.54, 1.807) is 0 Å². The first-order valence-electron chi connectivity index (χ1n) is 7.04. The number of benzene rings is 1. The standard InChI is InChI=1S/C15H9F4N3O4/c16-11-3-9(13-21-14(26-22-13)15(17,18)19)1-2-10(11)12(23)7-24-5-8-4-20-25-6-8/h1-4,6H,5,7H2. The summed E-state index contributed by atoms with van der Waals surface area (Å²) < 4.78 is 65.3. The topological polar surface area (TPSA) is 91.2 Å². The zero-order chi connectivity index (χ0) is 18.7. The van der Waals surface area contributed by atoms with Crippen molar-refractivity contribution in [2.24, 2.45) is 0 Å². The zero-order valence-corrected chi connectivity index (χ0v) is 12.8. The molecular formula is C15H9F4N3O4. The van der Waals surface area contributed by atoms with Crippen molar-refractivity contribution in [1.82, 2.24) is 15.3 Å². The Balaban J connectivity index is 1.68. The molecule has 11 heteroatoms. The Morgan fingerprint density at radius 2 is 2.08 bits per heavy atom. The molecule has 0 radical (unpaired) electrons. The van der Waals surface area contributed by atoms with Gasteiger partial charge in [0, 0.05) is 11.1 Å². The molecule has 2 heterocycles. The lowest BCUT2D eigenvalue weighted by molar-refractivity contribution is -0.159. The second-order valence-corrected chi connectivity index (χ2v) is 5.06. The third kappa shape index (κ3) is 3.94. The minimum atomic E-state index is -4.80. The molecule has 0 N–H and O–H groups in total. The molecule has 1 aromatic carbocycles. The quantitative estimate of drug-likeness (QED) is 0.485. The summed E-state index contributed by atoms with van der Waals surface area (Å²) >= 11 is 0. The van der Waals surface area contributed by atoms with E-state index in [1.165, 1.54) is 18.5 Å². The molecular weight excluding hydrogens is 362 g/mol. The first kappa shape index (κ1) is 17.7. The number of nitrogens with zero attached hydrogens (tertiary/aromatic N) is 3. The lowest BCUT2D eigenvalue weighted by atomic mass is 10.1. The van der Waals surface area contributed by atoms with Crippen LogP contribution < -0.4 is 0 Å². The number of halogens is 4. The summed E-state index contributed by atoms with van der Waals surface area (Å²) in [6.45, 7) is -0.347. The summed E-state index contributed by atoms with van der Waals surface area (Å²) in [6.07, 6.45) is -2.07. The number of alkyl halides is 3. The minimum Gasteiger partial charge on any atom is -0.368 e. The van der Waals surface area contributed by atoms with Crippen LogP contribution in [0.1, 0.15) is 21.8 Å². The van der Waals surface area contributed by atoms with E-state index >= 15 is 0 Å². The molecule has 0 fully saturated rings. The first-order valence-corrected chi connectivity index (χ1v) is 7.04. The van der Waals surface area contributed by atoms with Crippen LogP contribution in [-0.4, -0.2) is 27.7 Å². The van der Waals surface area contributed by atoms with Crippen molar-refractivity contribution in [1.29, 1.82) is 0 Å². The smallest absolute Gasteiger partial charge is 0.368 e. The maximum Gasteiger partial charge on any atom is 0.471 e. The van der Waals surface area contributed by atoms with Crippen molar-refractivity contribution in [2.75, 3.05) is 6.61 Å². The Morgan fingerprint density at radius 3 is 2.69 bits per heavy atom. The highest BCUT2D eigenvalue weighted by Gasteiger charge is 2.38. The Kier molecular flexibility index (Phi) is 4.80. The summed E-state index contributed by atoms with van der Waals surface area (Å²) in [6, 6.07) is 3.17. The van der Waals surface area contributed by atoms with Gasteiger partial charge in [-0.15, -0.1) is 0 Å². The number of carbonyl (C=O) groups excluding carboxylic acids is 1. The number of hydrogen-bond donors (Lipinski definition) is 0. The highest BCUT2D eigenvalue weighted by Crippen LogP contribution is 2.29. The molecule has 136 valence electrons. The minimum absolute atomic E-state index is 0.0536. The lowest BCUT2D eigenvalue weighted by Gasteiger charge is -2.04. The van der Waals surface area contributed by atoms with Crippen molar-refractivity contribution in [2.45, 2.75) is 12.8 Å². The molecule has 0 amide bonds. The van der Waals surface area contributed by atoms with Gasteiger partial charge in [-0.2, -0.15) is 18.2 Å². The highest BCUT2D eigenvalue weighted by molar-refractivity contribution is 5.97. The summed E-state index contributed by atoms with van der Waals surface area (Å²) in [7, 11) is 0. The van der Waals surface area contributed by atoms with Gasteiger partial charge < -0.3 is 13.8 Å². The number of Topliss-reactive ketones (excluding diaryl/α,β-unsaturated/α-hetero) is 1. The number of ketones is 1. The second kappa shape index (κ2) is 7.04. The van der Waals surface area contributed by atoms with E-state index in [1.807, 2.05) is 0 Å². The van der Waals surface area contributed by atoms with Crippen molar-refractivity contribution < 1.29 is 36.1 Å². The number of rotatable bonds is 6. The summed E-state index contributed by atoms with van der Waals surface area (Å²) in [5.41, 5.74) is 0.258. The van der Waals surface area contributed by atoms with Crippen LogP contribution in [0.3, 0.4) is 0 Å². The highest BCUT2D eigenvalue weighted by atomic mass is 19.4. The van der Waals surface area contributed by atoms with Gasteiger partial charge in [-0.25, -0.2) is 4.39 Å². The fraction of sp³-hybridized carbons (Fsp3) is 0.200. The van der Waals surface area contributed by atoms with Gasteiger partial charge in [-0.05, 0) is 12.1 Å². The summed E-state index contributed by atoms with van der Waals surface area (Å²) in [4.78, 5) is 15.1. The van der Waals surface area contributed by atoms with Crippen LogP contribution in [0.4, 0.5) is 17.6 Å². The third-order valence-corrected chi connectivity index (χ3v) is 3.18. The molecule has 3 aromatic rings. The van der Waals surface area contributed by atoms with Gasteiger partial charge in [0.1, 0.15) is 18.7 Å². The fourth-order valence-corrected chi connectivity index (χ4v) is 1.97. The van der Waals surface area contributed by atoms with Gasteiger partial charge in [-0.3, -0.25) is 4.79 Å². The Bertz CT molecular complexity index is 906. The van der Waals surface area contributed by atoms with Crippen molar-refractivity contribution in [3.8, 4) is 11.4 Å². The fourth-order valence-electron chi connectivity index (χ4n) is 1.97. The van der Waals surface area contributed by atoms with E-state index in [4.69, 9.17) is 4.74 Å². The number of carbonyl (C=O) groups is 1. The normalized spacial score (nSPS) is 11.7. The largest absolute Gasteiger partial charge is 0.471 e. The monoisotopic (exact) mass is 371 g/mol. The molecule has 0 bridgehead atoms. The molecule has 3 rings (SSSR count). The Morgan fingerprint density at radius 1 is 1.27 bits per heavy atom. The molecule has 7 nitrogen and oxygen atoms in total. The van der Waals surface area contributed by atoms with Gasteiger partial charge in [0.25, 0.3) is 0 Å². The zero-order valence-electron chi connectivity index (χ0n) is 12.8. The summed E-state index contributed by atoms with van der Waals surface area (Å²) in [5, 5.41) is 6.61. The average Bonchev–Trinajstić information content (AvgIpc) is 3.26.